The number of carbonyl (C=O) groups is 2. The number of rotatable bonds is 4. The Kier molecular flexibility index (Phi) is 5.62. The normalized spacial score (nSPS) is 10.4. The van der Waals surface area contributed by atoms with E-state index in [0.717, 1.165) is 0 Å². The van der Waals surface area contributed by atoms with E-state index in [1.807, 2.05) is 0 Å². The van der Waals surface area contributed by atoms with Gasteiger partial charge in [0.15, 0.2) is 5.78 Å². The van der Waals surface area contributed by atoms with Gasteiger partial charge < -0.3 is 5.32 Å². The van der Waals surface area contributed by atoms with E-state index in [-0.39, 0.29) is 17.3 Å². The van der Waals surface area contributed by atoms with Crippen LogP contribution in [0.5, 0.6) is 0 Å². The molecule has 0 fully saturated rings. The van der Waals surface area contributed by atoms with Gasteiger partial charge >= 0.3 is 0 Å². The number of carbonyl (C=O) groups excluding carboxylic acids is 2. The van der Waals surface area contributed by atoms with Gasteiger partial charge in [-0.3, -0.25) is 9.59 Å². The summed E-state index contributed by atoms with van der Waals surface area (Å²) in [5.41, 5.74) is 1.35. The average molecular weight is 405 g/mol. The molecule has 3 rings (SSSR count). The molecule has 130 valence electrons. The van der Waals surface area contributed by atoms with Crippen molar-refractivity contribution in [3.05, 3.63) is 98.5 Å². The van der Waals surface area contributed by atoms with E-state index in [1.165, 1.54) is 6.07 Å². The number of hydrogen-bond donors (Lipinski definition) is 1. The molecule has 6 heteroatoms. The molecule has 0 aliphatic carbocycles. The second-order valence-electron chi connectivity index (χ2n) is 5.46. The minimum absolute atomic E-state index is 0.257. The van der Waals surface area contributed by atoms with Gasteiger partial charge in [0.25, 0.3) is 5.91 Å². The van der Waals surface area contributed by atoms with Gasteiger partial charge in [0.1, 0.15) is 0 Å². The lowest BCUT2D eigenvalue weighted by Crippen LogP contribution is -2.15. The fourth-order valence-electron chi connectivity index (χ4n) is 2.40. The van der Waals surface area contributed by atoms with Crippen LogP contribution < -0.4 is 5.32 Å². The third-order valence-corrected chi connectivity index (χ3v) is 4.52. The molecule has 3 aromatic rings. The molecule has 1 amide bonds. The number of hydrogen-bond acceptors (Lipinski definition) is 2. The summed E-state index contributed by atoms with van der Waals surface area (Å²) in [7, 11) is 0. The fourth-order valence-corrected chi connectivity index (χ4v) is 2.92. The molecule has 0 radical (unpaired) electrons. The van der Waals surface area contributed by atoms with Crippen LogP contribution in [0.1, 0.15) is 26.3 Å². The Morgan fingerprint density at radius 1 is 0.731 bits per heavy atom. The highest BCUT2D eigenvalue weighted by Gasteiger charge is 2.18. The molecule has 26 heavy (non-hydrogen) atoms. The summed E-state index contributed by atoms with van der Waals surface area (Å²) >= 11 is 18.0. The SMILES string of the molecule is O=C(Nc1ccc(Cl)cc1C(=O)c1ccccc1Cl)c1ccc(Cl)cc1. The third-order valence-electron chi connectivity index (χ3n) is 3.70. The van der Waals surface area contributed by atoms with Crippen LogP contribution in [0.4, 0.5) is 5.69 Å². The van der Waals surface area contributed by atoms with Crippen molar-refractivity contribution >= 4 is 52.2 Å². The highest BCUT2D eigenvalue weighted by molar-refractivity contribution is 6.36. The molecule has 0 spiro atoms. The van der Waals surface area contributed by atoms with Crippen molar-refractivity contribution in [3.63, 3.8) is 0 Å². The molecule has 1 N–H and O–H groups in total. The minimum Gasteiger partial charge on any atom is -0.321 e. The Hall–Kier alpha value is -2.33. The number of anilines is 1. The smallest absolute Gasteiger partial charge is 0.255 e. The van der Waals surface area contributed by atoms with Crippen LogP contribution in [0.2, 0.25) is 15.1 Å². The second-order valence-corrected chi connectivity index (χ2v) is 6.74. The number of halogens is 3. The standard InChI is InChI=1S/C20H12Cl3NO2/c21-13-7-5-12(6-8-13)20(26)24-18-10-9-14(22)11-16(18)19(25)15-3-1-2-4-17(15)23/h1-11H,(H,24,26). The lowest BCUT2D eigenvalue weighted by molar-refractivity contribution is 0.102. The first-order chi connectivity index (χ1) is 12.5. The molecule has 3 nitrogen and oxygen atoms in total. The monoisotopic (exact) mass is 403 g/mol. The van der Waals surface area contributed by atoms with Gasteiger partial charge in [0.2, 0.25) is 0 Å². The molecular formula is C20H12Cl3NO2. The summed E-state index contributed by atoms with van der Waals surface area (Å²) in [5.74, 6) is -0.693. The van der Waals surface area contributed by atoms with Crippen molar-refractivity contribution in [3.8, 4) is 0 Å². The molecule has 3 aromatic carbocycles. The molecule has 0 saturated heterocycles. The van der Waals surface area contributed by atoms with Gasteiger partial charge in [0.05, 0.1) is 10.7 Å². The molecule has 0 aromatic heterocycles. The van der Waals surface area contributed by atoms with Gasteiger partial charge in [-0.2, -0.15) is 0 Å². The van der Waals surface area contributed by atoms with Crippen molar-refractivity contribution in [2.45, 2.75) is 0 Å². The van der Waals surface area contributed by atoms with Crippen LogP contribution in [0.3, 0.4) is 0 Å². The van der Waals surface area contributed by atoms with Gasteiger partial charge in [-0.1, -0.05) is 46.9 Å². The van der Waals surface area contributed by atoms with Gasteiger partial charge in [-0.15, -0.1) is 0 Å². The summed E-state index contributed by atoms with van der Waals surface area (Å²) in [4.78, 5) is 25.4. The Morgan fingerprint density at radius 3 is 2.08 bits per heavy atom. The van der Waals surface area contributed by atoms with E-state index in [2.05, 4.69) is 5.32 Å². The number of nitrogens with one attached hydrogen (secondary N) is 1. The van der Waals surface area contributed by atoms with Crippen LogP contribution in [0.15, 0.2) is 66.7 Å². The first-order valence-corrected chi connectivity index (χ1v) is 8.75. The van der Waals surface area contributed by atoms with Gasteiger partial charge in [-0.05, 0) is 54.6 Å². The van der Waals surface area contributed by atoms with Crippen LogP contribution in [-0.2, 0) is 0 Å². The molecule has 0 heterocycles. The van der Waals surface area contributed by atoms with Crippen molar-refractivity contribution in [2.75, 3.05) is 5.32 Å². The van der Waals surface area contributed by atoms with E-state index in [4.69, 9.17) is 34.8 Å². The van der Waals surface area contributed by atoms with Gasteiger partial charge in [-0.25, -0.2) is 0 Å². The van der Waals surface area contributed by atoms with E-state index in [0.29, 0.717) is 31.9 Å². The summed E-state index contributed by atoms with van der Waals surface area (Å²) in [5, 5.41) is 3.98. The highest BCUT2D eigenvalue weighted by Crippen LogP contribution is 2.27. The number of ketones is 1. The fraction of sp³-hybridized carbons (Fsp3) is 0. The zero-order chi connectivity index (χ0) is 18.7. The summed E-state index contributed by atoms with van der Waals surface area (Å²) in [6.45, 7) is 0. The summed E-state index contributed by atoms with van der Waals surface area (Å²) in [6.07, 6.45) is 0. The van der Waals surface area contributed by atoms with Crippen molar-refractivity contribution in [2.24, 2.45) is 0 Å². The van der Waals surface area contributed by atoms with Crippen LogP contribution in [-0.4, -0.2) is 11.7 Å². The Bertz CT molecular complexity index is 985. The van der Waals surface area contributed by atoms with E-state index < -0.39 is 0 Å². The zero-order valence-corrected chi connectivity index (χ0v) is 15.6. The van der Waals surface area contributed by atoms with E-state index in [1.54, 1.807) is 60.7 Å². The maximum atomic E-state index is 12.9. The Balaban J connectivity index is 1.96. The lowest BCUT2D eigenvalue weighted by Gasteiger charge is -2.12. The first-order valence-electron chi connectivity index (χ1n) is 7.61. The second kappa shape index (κ2) is 7.92. The van der Waals surface area contributed by atoms with Crippen molar-refractivity contribution < 1.29 is 9.59 Å². The molecule has 0 aliphatic heterocycles. The average Bonchev–Trinajstić information content (AvgIpc) is 2.63. The summed E-state index contributed by atoms with van der Waals surface area (Å²) < 4.78 is 0. The first kappa shape index (κ1) is 18.5. The molecular weight excluding hydrogens is 393 g/mol. The number of benzene rings is 3. The maximum Gasteiger partial charge on any atom is 0.255 e. The quantitative estimate of drug-likeness (QED) is 0.532. The highest BCUT2D eigenvalue weighted by atomic mass is 35.5. The minimum atomic E-state index is -0.364. The van der Waals surface area contributed by atoms with Gasteiger partial charge in [0, 0.05) is 26.7 Å². The maximum absolute atomic E-state index is 12.9. The van der Waals surface area contributed by atoms with Crippen LogP contribution in [0, 0.1) is 0 Å². The molecule has 0 atom stereocenters. The summed E-state index contributed by atoms with van der Waals surface area (Å²) in [6, 6.07) is 17.8. The van der Waals surface area contributed by atoms with Crippen molar-refractivity contribution in [1.29, 1.82) is 0 Å². The van der Waals surface area contributed by atoms with E-state index >= 15 is 0 Å². The lowest BCUT2D eigenvalue weighted by atomic mass is 10.0. The molecule has 0 bridgehead atoms. The predicted octanol–water partition coefficient (Wildman–Crippen LogP) is 6.13. The molecule has 0 unspecified atom stereocenters. The third kappa shape index (κ3) is 4.07. The van der Waals surface area contributed by atoms with Crippen molar-refractivity contribution in [1.82, 2.24) is 0 Å². The van der Waals surface area contributed by atoms with E-state index in [9.17, 15) is 9.59 Å². The molecule has 0 saturated carbocycles. The largest absolute Gasteiger partial charge is 0.321 e. The van der Waals surface area contributed by atoms with Crippen LogP contribution >= 0.6 is 34.8 Å². The predicted molar refractivity (Wildman–Crippen MR) is 106 cm³/mol. The zero-order valence-electron chi connectivity index (χ0n) is 13.3. The number of amides is 1. The Labute approximate surface area is 165 Å². The van der Waals surface area contributed by atoms with Crippen LogP contribution in [0.25, 0.3) is 0 Å². The Morgan fingerprint density at radius 2 is 1.38 bits per heavy atom. The topological polar surface area (TPSA) is 46.2 Å². The molecule has 0 aliphatic rings.